The predicted octanol–water partition coefficient (Wildman–Crippen LogP) is 3.13. The lowest BCUT2D eigenvalue weighted by Gasteiger charge is -2.17. The number of aryl methyl sites for hydroxylation is 1. The molecule has 0 spiro atoms. The molecule has 2 heterocycles. The molecule has 0 atom stereocenters. The van der Waals surface area contributed by atoms with Gasteiger partial charge in [0.1, 0.15) is 11.5 Å². The molecular weight excluding hydrogens is 294 g/mol. The van der Waals surface area contributed by atoms with Crippen LogP contribution < -0.4 is 5.32 Å². The standard InChI is InChI=1S/C17H19N3O3/c1-10-7-12(19-13(8-10)15(21)22)11-5-6-14(18-9-11)20-16(23)17(2,3)4/h5-9H,1-4H3,(H,21,22)(H,18,20,23). The van der Waals surface area contributed by atoms with E-state index < -0.39 is 11.4 Å². The molecule has 23 heavy (non-hydrogen) atoms. The van der Waals surface area contributed by atoms with Gasteiger partial charge < -0.3 is 10.4 Å². The first kappa shape index (κ1) is 16.6. The molecule has 1 amide bonds. The van der Waals surface area contributed by atoms with E-state index in [0.717, 1.165) is 5.56 Å². The minimum absolute atomic E-state index is 0.00916. The van der Waals surface area contributed by atoms with Crippen LogP contribution in [0.25, 0.3) is 11.3 Å². The Morgan fingerprint density at radius 2 is 1.87 bits per heavy atom. The second-order valence-corrected chi connectivity index (χ2v) is 6.36. The van der Waals surface area contributed by atoms with Crippen LogP contribution in [0.5, 0.6) is 0 Å². The summed E-state index contributed by atoms with van der Waals surface area (Å²) in [6.07, 6.45) is 1.56. The molecule has 0 aliphatic rings. The van der Waals surface area contributed by atoms with Gasteiger partial charge in [-0.2, -0.15) is 0 Å². The quantitative estimate of drug-likeness (QED) is 0.908. The van der Waals surface area contributed by atoms with Gasteiger partial charge in [0, 0.05) is 17.2 Å². The number of rotatable bonds is 3. The average Bonchev–Trinajstić information content (AvgIpc) is 2.46. The normalized spacial score (nSPS) is 11.1. The van der Waals surface area contributed by atoms with Crippen molar-refractivity contribution in [2.75, 3.05) is 5.32 Å². The molecule has 2 aromatic rings. The van der Waals surface area contributed by atoms with E-state index in [1.54, 1.807) is 24.4 Å². The molecule has 0 bridgehead atoms. The van der Waals surface area contributed by atoms with Crippen molar-refractivity contribution in [1.29, 1.82) is 0 Å². The van der Waals surface area contributed by atoms with Crippen LogP contribution in [0.15, 0.2) is 30.5 Å². The molecule has 0 saturated carbocycles. The Balaban J connectivity index is 2.26. The number of amides is 1. The average molecular weight is 313 g/mol. The number of pyridine rings is 2. The molecule has 0 radical (unpaired) electrons. The summed E-state index contributed by atoms with van der Waals surface area (Å²) in [6, 6.07) is 6.72. The number of carboxylic acid groups (broad SMARTS) is 1. The maximum Gasteiger partial charge on any atom is 0.354 e. The second kappa shape index (κ2) is 6.16. The van der Waals surface area contributed by atoms with Crippen molar-refractivity contribution in [2.45, 2.75) is 27.7 Å². The highest BCUT2D eigenvalue weighted by Gasteiger charge is 2.21. The number of aromatic nitrogens is 2. The molecule has 6 heteroatoms. The van der Waals surface area contributed by atoms with Crippen LogP contribution in [0.1, 0.15) is 36.8 Å². The number of nitrogens with one attached hydrogen (secondary N) is 1. The van der Waals surface area contributed by atoms with Crippen LogP contribution in [0.4, 0.5) is 5.82 Å². The van der Waals surface area contributed by atoms with E-state index in [9.17, 15) is 9.59 Å². The van der Waals surface area contributed by atoms with Crippen LogP contribution >= 0.6 is 0 Å². The van der Waals surface area contributed by atoms with E-state index in [1.165, 1.54) is 6.07 Å². The van der Waals surface area contributed by atoms with Crippen molar-refractivity contribution in [3.05, 3.63) is 41.7 Å². The zero-order valence-electron chi connectivity index (χ0n) is 13.5. The number of anilines is 1. The fraction of sp³-hybridized carbons (Fsp3) is 0.294. The van der Waals surface area contributed by atoms with E-state index >= 15 is 0 Å². The van der Waals surface area contributed by atoms with Crippen molar-refractivity contribution in [3.63, 3.8) is 0 Å². The summed E-state index contributed by atoms with van der Waals surface area (Å²) in [5.41, 5.74) is 1.51. The summed E-state index contributed by atoms with van der Waals surface area (Å²) in [5.74, 6) is -0.753. The maximum atomic E-state index is 11.9. The number of aromatic carboxylic acids is 1. The third kappa shape index (κ3) is 4.12. The number of carbonyl (C=O) groups is 2. The first-order valence-corrected chi connectivity index (χ1v) is 7.16. The number of hydrogen-bond acceptors (Lipinski definition) is 4. The van der Waals surface area contributed by atoms with E-state index in [1.807, 2.05) is 27.7 Å². The fourth-order valence-electron chi connectivity index (χ4n) is 1.85. The van der Waals surface area contributed by atoms with Crippen LogP contribution in [0, 0.1) is 12.3 Å². The molecule has 6 nitrogen and oxygen atoms in total. The maximum absolute atomic E-state index is 11.9. The van der Waals surface area contributed by atoms with Crippen molar-refractivity contribution in [2.24, 2.45) is 5.41 Å². The summed E-state index contributed by atoms with van der Waals surface area (Å²) < 4.78 is 0. The zero-order chi connectivity index (χ0) is 17.2. The largest absolute Gasteiger partial charge is 0.477 e. The SMILES string of the molecule is Cc1cc(C(=O)O)nc(-c2ccc(NC(=O)C(C)(C)C)nc2)c1. The smallest absolute Gasteiger partial charge is 0.354 e. The van der Waals surface area contributed by atoms with E-state index in [4.69, 9.17) is 5.11 Å². The molecule has 0 aromatic carbocycles. The lowest BCUT2D eigenvalue weighted by Crippen LogP contribution is -2.27. The first-order valence-electron chi connectivity index (χ1n) is 7.16. The highest BCUT2D eigenvalue weighted by atomic mass is 16.4. The molecule has 120 valence electrons. The van der Waals surface area contributed by atoms with E-state index in [0.29, 0.717) is 17.1 Å². The van der Waals surface area contributed by atoms with Gasteiger partial charge in [0.05, 0.1) is 5.69 Å². The van der Waals surface area contributed by atoms with Crippen molar-refractivity contribution in [1.82, 2.24) is 9.97 Å². The van der Waals surface area contributed by atoms with Gasteiger partial charge in [-0.15, -0.1) is 0 Å². The van der Waals surface area contributed by atoms with Crippen molar-refractivity contribution < 1.29 is 14.7 Å². The number of carboxylic acids is 1. The third-order valence-electron chi connectivity index (χ3n) is 3.17. The Morgan fingerprint density at radius 3 is 2.39 bits per heavy atom. The van der Waals surface area contributed by atoms with Crippen LogP contribution in [0.2, 0.25) is 0 Å². The van der Waals surface area contributed by atoms with Crippen molar-refractivity contribution >= 4 is 17.7 Å². The van der Waals surface area contributed by atoms with Crippen LogP contribution in [-0.2, 0) is 4.79 Å². The Labute approximate surface area is 134 Å². The minimum atomic E-state index is -1.07. The molecule has 2 rings (SSSR count). The molecule has 2 N–H and O–H groups in total. The van der Waals surface area contributed by atoms with Crippen LogP contribution in [-0.4, -0.2) is 27.0 Å². The highest BCUT2D eigenvalue weighted by Crippen LogP contribution is 2.21. The summed E-state index contributed by atoms with van der Waals surface area (Å²) in [5, 5.41) is 11.8. The Kier molecular flexibility index (Phi) is 4.45. The molecule has 0 saturated heterocycles. The molecule has 0 unspecified atom stereocenters. The van der Waals surface area contributed by atoms with Gasteiger partial charge in [-0.05, 0) is 36.8 Å². The Morgan fingerprint density at radius 1 is 1.17 bits per heavy atom. The number of carbonyl (C=O) groups excluding carboxylic acids is 1. The fourth-order valence-corrected chi connectivity index (χ4v) is 1.85. The summed E-state index contributed by atoms with van der Waals surface area (Å²) in [4.78, 5) is 31.3. The number of nitrogens with zero attached hydrogens (tertiary/aromatic N) is 2. The topological polar surface area (TPSA) is 92.2 Å². The molecule has 2 aromatic heterocycles. The highest BCUT2D eigenvalue weighted by molar-refractivity contribution is 5.93. The lowest BCUT2D eigenvalue weighted by molar-refractivity contribution is -0.123. The summed E-state index contributed by atoms with van der Waals surface area (Å²) in [7, 11) is 0. The third-order valence-corrected chi connectivity index (χ3v) is 3.17. The Bertz CT molecular complexity index is 747. The zero-order valence-corrected chi connectivity index (χ0v) is 13.5. The van der Waals surface area contributed by atoms with E-state index in [-0.39, 0.29) is 11.6 Å². The molecule has 0 aliphatic carbocycles. The van der Waals surface area contributed by atoms with Crippen LogP contribution in [0.3, 0.4) is 0 Å². The van der Waals surface area contributed by atoms with Gasteiger partial charge in [0.2, 0.25) is 5.91 Å². The first-order chi connectivity index (χ1) is 10.7. The summed E-state index contributed by atoms with van der Waals surface area (Å²) >= 11 is 0. The second-order valence-electron chi connectivity index (χ2n) is 6.36. The molecular formula is C17H19N3O3. The van der Waals surface area contributed by atoms with Gasteiger partial charge in [0.15, 0.2) is 0 Å². The molecule has 0 aliphatic heterocycles. The minimum Gasteiger partial charge on any atom is -0.477 e. The van der Waals surface area contributed by atoms with Gasteiger partial charge in [-0.1, -0.05) is 20.8 Å². The monoisotopic (exact) mass is 313 g/mol. The van der Waals surface area contributed by atoms with Gasteiger partial charge in [0.25, 0.3) is 0 Å². The summed E-state index contributed by atoms with van der Waals surface area (Å²) in [6.45, 7) is 7.27. The van der Waals surface area contributed by atoms with Crippen molar-refractivity contribution in [3.8, 4) is 11.3 Å². The predicted molar refractivity (Wildman–Crippen MR) is 87.2 cm³/mol. The van der Waals surface area contributed by atoms with Gasteiger partial charge >= 0.3 is 5.97 Å². The van der Waals surface area contributed by atoms with E-state index in [2.05, 4.69) is 15.3 Å². The Hall–Kier alpha value is -2.76. The number of hydrogen-bond donors (Lipinski definition) is 2. The molecule has 0 fully saturated rings. The van der Waals surface area contributed by atoms with Gasteiger partial charge in [-0.3, -0.25) is 4.79 Å². The van der Waals surface area contributed by atoms with Gasteiger partial charge in [-0.25, -0.2) is 14.8 Å². The lowest BCUT2D eigenvalue weighted by atomic mass is 9.96.